The molecule has 2 aromatic heterocycles. The lowest BCUT2D eigenvalue weighted by atomic mass is 10.2. The van der Waals surface area contributed by atoms with Gasteiger partial charge < -0.3 is 9.47 Å². The second-order valence-electron chi connectivity index (χ2n) is 5.97. The van der Waals surface area contributed by atoms with Crippen LogP contribution >= 0.6 is 11.3 Å². The highest BCUT2D eigenvalue weighted by Crippen LogP contribution is 2.39. The topological polar surface area (TPSA) is 68.6 Å². The summed E-state index contributed by atoms with van der Waals surface area (Å²) in [6.45, 7) is 2.53. The largest absolute Gasteiger partial charge is 0.493 e. The van der Waals surface area contributed by atoms with E-state index in [1.807, 2.05) is 25.1 Å². The number of nitrogens with zero attached hydrogens (tertiary/aromatic N) is 3. The number of fused-ring (bicyclic) bond motifs is 3. The third-order valence-corrected chi connectivity index (χ3v) is 5.57. The van der Waals surface area contributed by atoms with Gasteiger partial charge in [0.2, 0.25) is 0 Å². The van der Waals surface area contributed by atoms with Crippen molar-refractivity contribution in [2.45, 2.75) is 26.2 Å². The molecule has 3 aromatic rings. The van der Waals surface area contributed by atoms with Crippen LogP contribution < -0.4 is 14.9 Å². The molecule has 0 bridgehead atoms. The minimum Gasteiger partial charge on any atom is -0.493 e. The number of rotatable bonds is 6. The van der Waals surface area contributed by atoms with Crippen molar-refractivity contribution in [1.29, 1.82) is 0 Å². The van der Waals surface area contributed by atoms with Crippen LogP contribution in [0.25, 0.3) is 10.2 Å². The molecule has 0 aliphatic heterocycles. The number of hydrogen-bond acceptors (Lipinski definition) is 7. The number of methoxy groups -OCH3 is 1. The lowest BCUT2D eigenvalue weighted by molar-refractivity contribution is 0.311. The molecule has 0 radical (unpaired) electrons. The number of nitrogens with one attached hydrogen (secondary N) is 1. The number of benzene rings is 1. The number of aromatic nitrogens is 2. The van der Waals surface area contributed by atoms with Crippen LogP contribution in [0.3, 0.4) is 0 Å². The summed E-state index contributed by atoms with van der Waals surface area (Å²) in [5.74, 6) is 2.19. The summed E-state index contributed by atoms with van der Waals surface area (Å²) in [4.78, 5) is 11.3. The Labute approximate surface area is 155 Å². The van der Waals surface area contributed by atoms with Crippen LogP contribution in [0.2, 0.25) is 0 Å². The van der Waals surface area contributed by atoms with Gasteiger partial charge in [0.05, 0.1) is 25.3 Å². The minimum atomic E-state index is 0.581. The fourth-order valence-electron chi connectivity index (χ4n) is 3.22. The van der Waals surface area contributed by atoms with E-state index in [1.54, 1.807) is 31.0 Å². The van der Waals surface area contributed by atoms with Gasteiger partial charge in [-0.3, -0.25) is 5.43 Å². The Morgan fingerprint density at radius 3 is 3.04 bits per heavy atom. The molecule has 0 atom stereocenters. The number of ether oxygens (including phenoxy) is 2. The minimum absolute atomic E-state index is 0.581. The van der Waals surface area contributed by atoms with E-state index in [9.17, 15) is 0 Å². The van der Waals surface area contributed by atoms with Gasteiger partial charge in [-0.15, -0.1) is 11.3 Å². The van der Waals surface area contributed by atoms with Gasteiger partial charge in [-0.1, -0.05) is 0 Å². The Hall–Kier alpha value is -2.67. The highest BCUT2D eigenvalue weighted by atomic mass is 32.1. The molecule has 7 heteroatoms. The molecule has 1 aliphatic rings. The molecule has 0 saturated heterocycles. The van der Waals surface area contributed by atoms with E-state index in [0.717, 1.165) is 34.4 Å². The monoisotopic (exact) mass is 368 g/mol. The van der Waals surface area contributed by atoms with Crippen LogP contribution in [0.5, 0.6) is 11.5 Å². The first-order chi connectivity index (χ1) is 12.8. The van der Waals surface area contributed by atoms with Gasteiger partial charge >= 0.3 is 0 Å². The Morgan fingerprint density at radius 1 is 1.27 bits per heavy atom. The lowest BCUT2D eigenvalue weighted by Gasteiger charge is -2.09. The molecule has 6 nitrogen and oxygen atoms in total. The zero-order valence-electron chi connectivity index (χ0n) is 14.8. The van der Waals surface area contributed by atoms with Gasteiger partial charge in [-0.25, -0.2) is 9.97 Å². The molecule has 2 heterocycles. The standard InChI is InChI=1S/C19H20N4O2S/c1-3-25-15-9-12(7-8-14(15)24-2)10-22-23-18-17-13-5-4-6-16(13)26-19(17)21-11-20-18/h7-11H,3-6H2,1-2H3,(H,20,21,23)/b22-10-. The van der Waals surface area contributed by atoms with Crippen molar-refractivity contribution in [2.75, 3.05) is 19.1 Å². The summed E-state index contributed by atoms with van der Waals surface area (Å²) in [5, 5.41) is 5.48. The zero-order valence-corrected chi connectivity index (χ0v) is 15.6. The average Bonchev–Trinajstić information content (AvgIpc) is 3.23. The molecule has 0 unspecified atom stereocenters. The SMILES string of the molecule is CCOc1cc(/C=N\Nc2ncnc3sc4c(c23)CCC4)ccc1OC. The molecule has 134 valence electrons. The van der Waals surface area contributed by atoms with Crippen molar-refractivity contribution in [3.8, 4) is 11.5 Å². The molecule has 0 amide bonds. The van der Waals surface area contributed by atoms with Crippen molar-refractivity contribution in [3.63, 3.8) is 0 Å². The van der Waals surface area contributed by atoms with Gasteiger partial charge in [-0.2, -0.15) is 5.10 Å². The van der Waals surface area contributed by atoms with E-state index in [2.05, 4.69) is 20.5 Å². The number of anilines is 1. The molecule has 4 rings (SSSR count). The van der Waals surface area contributed by atoms with Gasteiger partial charge in [0.25, 0.3) is 0 Å². The second kappa shape index (κ2) is 7.29. The maximum Gasteiger partial charge on any atom is 0.161 e. The summed E-state index contributed by atoms with van der Waals surface area (Å²) in [6, 6.07) is 5.72. The molecule has 0 fully saturated rings. The van der Waals surface area contributed by atoms with Crippen LogP contribution in [0.4, 0.5) is 5.82 Å². The van der Waals surface area contributed by atoms with Crippen LogP contribution in [0, 0.1) is 0 Å². The fourth-order valence-corrected chi connectivity index (χ4v) is 4.45. The average molecular weight is 368 g/mol. The van der Waals surface area contributed by atoms with E-state index in [-0.39, 0.29) is 0 Å². The second-order valence-corrected chi connectivity index (χ2v) is 7.06. The van der Waals surface area contributed by atoms with E-state index in [1.165, 1.54) is 16.9 Å². The molecule has 1 N–H and O–H groups in total. The zero-order chi connectivity index (χ0) is 17.9. The number of hydrogen-bond donors (Lipinski definition) is 1. The van der Waals surface area contributed by atoms with Crippen molar-refractivity contribution in [2.24, 2.45) is 5.10 Å². The van der Waals surface area contributed by atoms with Crippen molar-refractivity contribution < 1.29 is 9.47 Å². The molecular weight excluding hydrogens is 348 g/mol. The first-order valence-corrected chi connectivity index (χ1v) is 9.47. The number of aryl methyl sites for hydroxylation is 2. The molecule has 1 aromatic carbocycles. The van der Waals surface area contributed by atoms with Crippen molar-refractivity contribution in [1.82, 2.24) is 9.97 Å². The summed E-state index contributed by atoms with van der Waals surface area (Å²) in [6.07, 6.45) is 6.79. The van der Waals surface area contributed by atoms with E-state index in [4.69, 9.17) is 9.47 Å². The first-order valence-electron chi connectivity index (χ1n) is 8.65. The van der Waals surface area contributed by atoms with Gasteiger partial charge in [0.1, 0.15) is 11.2 Å². The maximum absolute atomic E-state index is 5.60. The Balaban J connectivity index is 1.58. The van der Waals surface area contributed by atoms with Crippen molar-refractivity contribution in [3.05, 3.63) is 40.5 Å². The molecule has 26 heavy (non-hydrogen) atoms. The molecule has 1 aliphatic carbocycles. The summed E-state index contributed by atoms with van der Waals surface area (Å²) < 4.78 is 10.9. The van der Waals surface area contributed by atoms with Crippen LogP contribution in [0.15, 0.2) is 29.6 Å². The lowest BCUT2D eigenvalue weighted by Crippen LogP contribution is -1.98. The number of hydrazone groups is 1. The van der Waals surface area contributed by atoms with Crippen molar-refractivity contribution >= 4 is 33.6 Å². The predicted octanol–water partition coefficient (Wildman–Crippen LogP) is 4.03. The predicted molar refractivity (Wildman–Crippen MR) is 105 cm³/mol. The van der Waals surface area contributed by atoms with E-state index < -0.39 is 0 Å². The quantitative estimate of drug-likeness (QED) is 0.525. The fraction of sp³-hybridized carbons (Fsp3) is 0.316. The summed E-state index contributed by atoms with van der Waals surface area (Å²) in [5.41, 5.74) is 5.38. The van der Waals surface area contributed by atoms with Crippen LogP contribution in [-0.2, 0) is 12.8 Å². The molecule has 0 saturated carbocycles. The number of thiophene rings is 1. The van der Waals surface area contributed by atoms with Gasteiger partial charge in [-0.05, 0) is 55.5 Å². The highest BCUT2D eigenvalue weighted by Gasteiger charge is 2.20. The van der Waals surface area contributed by atoms with Crippen LogP contribution in [-0.4, -0.2) is 29.9 Å². The third kappa shape index (κ3) is 3.10. The van der Waals surface area contributed by atoms with E-state index in [0.29, 0.717) is 18.1 Å². The molecule has 0 spiro atoms. The first kappa shape index (κ1) is 16.8. The summed E-state index contributed by atoms with van der Waals surface area (Å²) >= 11 is 1.77. The molecular formula is C19H20N4O2S. The van der Waals surface area contributed by atoms with Crippen LogP contribution in [0.1, 0.15) is 29.3 Å². The van der Waals surface area contributed by atoms with Gasteiger partial charge in [0, 0.05) is 4.88 Å². The maximum atomic E-state index is 5.60. The third-order valence-electron chi connectivity index (χ3n) is 4.37. The Bertz CT molecular complexity index is 968. The smallest absolute Gasteiger partial charge is 0.161 e. The van der Waals surface area contributed by atoms with E-state index >= 15 is 0 Å². The normalized spacial score (nSPS) is 13.3. The highest BCUT2D eigenvalue weighted by molar-refractivity contribution is 7.19. The Kier molecular flexibility index (Phi) is 4.71. The Morgan fingerprint density at radius 2 is 2.19 bits per heavy atom. The summed E-state index contributed by atoms with van der Waals surface area (Å²) in [7, 11) is 1.63. The van der Waals surface area contributed by atoms with Gasteiger partial charge in [0.15, 0.2) is 17.3 Å².